The summed E-state index contributed by atoms with van der Waals surface area (Å²) < 4.78 is 0. The van der Waals surface area contributed by atoms with Crippen molar-refractivity contribution in [1.82, 2.24) is 24.8 Å². The Bertz CT molecular complexity index is 586. The number of likely N-dealkylation sites (tertiary alicyclic amines) is 2. The standard InChI is InChI=1S/C18H29N5O2/c24-17(14-23-19-8-9-20-23)22-11-7-18(25)6-10-21(12-15(18)13-22)16-4-2-1-3-5-16/h8-9,15-16,25H,1-7,10-14H2/t15-,18-/m0/s1. The zero-order chi connectivity index (χ0) is 17.3. The number of amides is 1. The van der Waals surface area contributed by atoms with Gasteiger partial charge in [-0.1, -0.05) is 19.3 Å². The number of carbonyl (C=O) groups excluding carboxylic acids is 1. The Hall–Kier alpha value is -1.47. The monoisotopic (exact) mass is 347 g/mol. The molecule has 0 bridgehead atoms. The van der Waals surface area contributed by atoms with Gasteiger partial charge in [-0.05, 0) is 25.7 Å². The van der Waals surface area contributed by atoms with E-state index in [2.05, 4.69) is 15.1 Å². The average Bonchev–Trinajstić information content (AvgIpc) is 3.14. The summed E-state index contributed by atoms with van der Waals surface area (Å²) in [5.41, 5.74) is -0.591. The van der Waals surface area contributed by atoms with Crippen LogP contribution in [0.5, 0.6) is 0 Å². The van der Waals surface area contributed by atoms with Crippen LogP contribution in [0, 0.1) is 5.92 Å². The molecule has 3 aliphatic rings. The lowest BCUT2D eigenvalue weighted by molar-refractivity contribution is -0.149. The van der Waals surface area contributed by atoms with Gasteiger partial charge in [0.05, 0.1) is 18.0 Å². The van der Waals surface area contributed by atoms with Crippen molar-refractivity contribution in [2.45, 2.75) is 63.1 Å². The fourth-order valence-electron chi connectivity index (χ4n) is 4.88. The van der Waals surface area contributed by atoms with Gasteiger partial charge in [0.1, 0.15) is 6.54 Å². The lowest BCUT2D eigenvalue weighted by Crippen LogP contribution is -2.62. The second-order valence-corrected chi connectivity index (χ2v) is 7.99. The van der Waals surface area contributed by atoms with E-state index in [1.807, 2.05) is 4.90 Å². The van der Waals surface area contributed by atoms with E-state index in [0.29, 0.717) is 25.6 Å². The predicted octanol–water partition coefficient (Wildman–Crippen LogP) is 0.896. The van der Waals surface area contributed by atoms with Gasteiger partial charge in [0, 0.05) is 38.1 Å². The van der Waals surface area contributed by atoms with E-state index in [-0.39, 0.29) is 18.4 Å². The number of nitrogens with zero attached hydrogens (tertiary/aromatic N) is 5. The summed E-state index contributed by atoms with van der Waals surface area (Å²) in [6.45, 7) is 3.40. The number of piperidine rings is 2. The summed E-state index contributed by atoms with van der Waals surface area (Å²) in [5, 5.41) is 19.1. The second-order valence-electron chi connectivity index (χ2n) is 7.99. The lowest BCUT2D eigenvalue weighted by atomic mass is 9.75. The minimum absolute atomic E-state index is 0.0491. The molecule has 0 spiro atoms. The van der Waals surface area contributed by atoms with Crippen molar-refractivity contribution in [2.75, 3.05) is 26.2 Å². The molecule has 0 aromatic carbocycles. The highest BCUT2D eigenvalue weighted by molar-refractivity contribution is 5.76. The summed E-state index contributed by atoms with van der Waals surface area (Å²) in [6, 6.07) is 0.678. The largest absolute Gasteiger partial charge is 0.389 e. The predicted molar refractivity (Wildman–Crippen MR) is 92.7 cm³/mol. The van der Waals surface area contributed by atoms with Gasteiger partial charge in [-0.25, -0.2) is 0 Å². The maximum atomic E-state index is 12.6. The van der Waals surface area contributed by atoms with Crippen LogP contribution in [0.25, 0.3) is 0 Å². The first-order valence-electron chi connectivity index (χ1n) is 9.72. The van der Waals surface area contributed by atoms with Crippen LogP contribution in [0.1, 0.15) is 44.9 Å². The molecule has 1 aromatic heterocycles. The minimum Gasteiger partial charge on any atom is -0.389 e. The third kappa shape index (κ3) is 3.58. The molecule has 1 aliphatic carbocycles. The van der Waals surface area contributed by atoms with Gasteiger partial charge >= 0.3 is 0 Å². The highest BCUT2D eigenvalue weighted by atomic mass is 16.3. The van der Waals surface area contributed by atoms with Crippen molar-refractivity contribution in [3.05, 3.63) is 12.4 Å². The zero-order valence-electron chi connectivity index (χ0n) is 14.9. The molecule has 1 N–H and O–H groups in total. The summed E-state index contributed by atoms with van der Waals surface area (Å²) in [6.07, 6.45) is 11.3. The van der Waals surface area contributed by atoms with E-state index < -0.39 is 5.60 Å². The Morgan fingerprint density at radius 1 is 1.08 bits per heavy atom. The Morgan fingerprint density at radius 3 is 2.56 bits per heavy atom. The molecule has 0 radical (unpaired) electrons. The number of aromatic nitrogens is 3. The SMILES string of the molecule is O=C(Cn1nccn1)N1CC[C@@]2(O)CCN(C3CCCCC3)C[C@H]2C1. The fourth-order valence-corrected chi connectivity index (χ4v) is 4.88. The first-order chi connectivity index (χ1) is 12.1. The Labute approximate surface area is 149 Å². The van der Waals surface area contributed by atoms with Crippen LogP contribution in [-0.2, 0) is 11.3 Å². The minimum atomic E-state index is -0.591. The molecule has 3 heterocycles. The molecule has 0 unspecified atom stereocenters. The molecule has 25 heavy (non-hydrogen) atoms. The molecular weight excluding hydrogens is 318 g/mol. The molecule has 2 saturated heterocycles. The van der Waals surface area contributed by atoms with Crippen molar-refractivity contribution in [2.24, 2.45) is 5.92 Å². The quantitative estimate of drug-likeness (QED) is 0.879. The number of aliphatic hydroxyl groups is 1. The van der Waals surface area contributed by atoms with E-state index >= 15 is 0 Å². The number of carbonyl (C=O) groups is 1. The van der Waals surface area contributed by atoms with E-state index in [9.17, 15) is 9.90 Å². The molecule has 4 rings (SSSR count). The Kier molecular flexibility index (Phi) is 4.78. The smallest absolute Gasteiger partial charge is 0.246 e. The maximum Gasteiger partial charge on any atom is 0.246 e. The van der Waals surface area contributed by atoms with Crippen LogP contribution in [0.15, 0.2) is 12.4 Å². The molecular formula is C18H29N5O2. The first-order valence-corrected chi connectivity index (χ1v) is 9.72. The van der Waals surface area contributed by atoms with Crippen LogP contribution in [0.4, 0.5) is 0 Å². The summed E-state index contributed by atoms with van der Waals surface area (Å²) in [4.78, 5) is 18.5. The molecule has 7 nitrogen and oxygen atoms in total. The second kappa shape index (κ2) is 7.03. The fraction of sp³-hybridized carbons (Fsp3) is 0.833. The highest BCUT2D eigenvalue weighted by Crippen LogP contribution is 2.37. The van der Waals surface area contributed by atoms with Gasteiger partial charge in [-0.3, -0.25) is 9.69 Å². The number of rotatable bonds is 3. The summed E-state index contributed by atoms with van der Waals surface area (Å²) in [5.74, 6) is 0.208. The van der Waals surface area contributed by atoms with Crippen LogP contribution < -0.4 is 0 Å². The molecule has 7 heteroatoms. The van der Waals surface area contributed by atoms with E-state index in [1.165, 1.54) is 36.9 Å². The third-order valence-electron chi connectivity index (χ3n) is 6.49. The molecule has 2 aliphatic heterocycles. The molecule has 1 aromatic rings. The first kappa shape index (κ1) is 17.0. The van der Waals surface area contributed by atoms with Gasteiger partial charge in [0.2, 0.25) is 5.91 Å². The summed E-state index contributed by atoms with van der Waals surface area (Å²) >= 11 is 0. The van der Waals surface area contributed by atoms with Crippen molar-refractivity contribution in [3.63, 3.8) is 0 Å². The molecule has 1 amide bonds. The van der Waals surface area contributed by atoms with Gasteiger partial charge in [0.15, 0.2) is 0 Å². The third-order valence-corrected chi connectivity index (χ3v) is 6.49. The Balaban J connectivity index is 1.39. The number of fused-ring (bicyclic) bond motifs is 1. The molecule has 1 saturated carbocycles. The summed E-state index contributed by atoms with van der Waals surface area (Å²) in [7, 11) is 0. The van der Waals surface area contributed by atoms with Crippen molar-refractivity contribution < 1.29 is 9.90 Å². The molecule has 2 atom stereocenters. The van der Waals surface area contributed by atoms with Crippen LogP contribution in [0.2, 0.25) is 0 Å². The number of hydrogen-bond acceptors (Lipinski definition) is 5. The van der Waals surface area contributed by atoms with Gasteiger partial charge < -0.3 is 10.0 Å². The molecule has 138 valence electrons. The van der Waals surface area contributed by atoms with E-state index in [1.54, 1.807) is 12.4 Å². The highest BCUT2D eigenvalue weighted by Gasteiger charge is 2.46. The lowest BCUT2D eigenvalue weighted by Gasteiger charge is -2.52. The zero-order valence-corrected chi connectivity index (χ0v) is 14.9. The maximum absolute atomic E-state index is 12.6. The van der Waals surface area contributed by atoms with Crippen LogP contribution in [0.3, 0.4) is 0 Å². The van der Waals surface area contributed by atoms with Gasteiger partial charge in [-0.15, -0.1) is 0 Å². The normalized spacial score (nSPS) is 31.7. The van der Waals surface area contributed by atoms with Crippen molar-refractivity contribution in [1.29, 1.82) is 0 Å². The van der Waals surface area contributed by atoms with Crippen LogP contribution in [-0.4, -0.2) is 73.6 Å². The van der Waals surface area contributed by atoms with E-state index in [4.69, 9.17) is 0 Å². The van der Waals surface area contributed by atoms with Gasteiger partial charge in [-0.2, -0.15) is 15.0 Å². The van der Waals surface area contributed by atoms with Crippen LogP contribution >= 0.6 is 0 Å². The average molecular weight is 347 g/mol. The van der Waals surface area contributed by atoms with Crippen molar-refractivity contribution >= 4 is 5.91 Å². The molecule has 3 fully saturated rings. The topological polar surface area (TPSA) is 74.5 Å². The van der Waals surface area contributed by atoms with E-state index in [0.717, 1.165) is 19.5 Å². The Morgan fingerprint density at radius 2 is 1.80 bits per heavy atom. The van der Waals surface area contributed by atoms with Crippen molar-refractivity contribution in [3.8, 4) is 0 Å². The van der Waals surface area contributed by atoms with Gasteiger partial charge in [0.25, 0.3) is 0 Å². The number of hydrogen-bond donors (Lipinski definition) is 1.